The first-order chi connectivity index (χ1) is 6.31. The van der Waals surface area contributed by atoms with Crippen LogP contribution in [0.15, 0.2) is 0 Å². The summed E-state index contributed by atoms with van der Waals surface area (Å²) in [5.74, 6) is 4.33. The van der Waals surface area contributed by atoms with Gasteiger partial charge in [-0.2, -0.15) is 0 Å². The minimum Gasteiger partial charge on any atom is -0.0651 e. The van der Waals surface area contributed by atoms with Crippen LogP contribution in [0.1, 0.15) is 58.8 Å². The van der Waals surface area contributed by atoms with Gasteiger partial charge >= 0.3 is 0 Å². The fourth-order valence-electron chi connectivity index (χ4n) is 3.59. The first-order valence-electron chi connectivity index (χ1n) is 6.31. The maximum absolute atomic E-state index is 2.46. The minimum atomic E-state index is 0.988. The van der Waals surface area contributed by atoms with Crippen LogP contribution in [-0.2, 0) is 0 Å². The van der Waals surface area contributed by atoms with Crippen LogP contribution in [0.3, 0.4) is 0 Å². The van der Waals surface area contributed by atoms with Crippen molar-refractivity contribution in [1.82, 2.24) is 0 Å². The van der Waals surface area contributed by atoms with E-state index in [0.29, 0.717) is 0 Å². The van der Waals surface area contributed by atoms with Gasteiger partial charge in [-0.15, -0.1) is 0 Å². The van der Waals surface area contributed by atoms with Crippen LogP contribution in [-0.4, -0.2) is 0 Å². The summed E-state index contributed by atoms with van der Waals surface area (Å²) >= 11 is 0. The van der Waals surface area contributed by atoms with E-state index in [0.717, 1.165) is 23.7 Å². The van der Waals surface area contributed by atoms with Crippen molar-refractivity contribution in [2.75, 3.05) is 0 Å². The molecule has 0 N–H and O–H groups in total. The van der Waals surface area contributed by atoms with Gasteiger partial charge in [0.2, 0.25) is 0 Å². The van der Waals surface area contributed by atoms with E-state index >= 15 is 0 Å². The quantitative estimate of drug-likeness (QED) is 0.596. The van der Waals surface area contributed by atoms with E-state index in [1.54, 1.807) is 25.7 Å². The van der Waals surface area contributed by atoms with Gasteiger partial charge in [-0.05, 0) is 42.9 Å². The highest BCUT2D eigenvalue weighted by molar-refractivity contribution is 4.85. The van der Waals surface area contributed by atoms with E-state index in [-0.39, 0.29) is 0 Å². The summed E-state index contributed by atoms with van der Waals surface area (Å²) < 4.78 is 0. The largest absolute Gasteiger partial charge is 0.0651 e. The van der Waals surface area contributed by atoms with Crippen LogP contribution in [0.5, 0.6) is 0 Å². The molecule has 76 valence electrons. The lowest BCUT2D eigenvalue weighted by molar-refractivity contribution is 0.161. The van der Waals surface area contributed by atoms with Gasteiger partial charge in [-0.1, -0.05) is 39.5 Å². The van der Waals surface area contributed by atoms with Gasteiger partial charge in [0, 0.05) is 0 Å². The zero-order valence-electron chi connectivity index (χ0n) is 9.26. The summed E-state index contributed by atoms with van der Waals surface area (Å²) in [6.45, 7) is 4.81. The molecule has 0 radical (unpaired) electrons. The second-order valence-corrected chi connectivity index (χ2v) is 5.41. The Kier molecular flexibility index (Phi) is 2.96. The summed E-state index contributed by atoms with van der Waals surface area (Å²) in [5, 5.41) is 0. The van der Waals surface area contributed by atoms with Crippen molar-refractivity contribution in [3.8, 4) is 0 Å². The molecule has 0 aliphatic heterocycles. The fraction of sp³-hybridized carbons (Fsp3) is 1.00. The molecule has 0 heterocycles. The van der Waals surface area contributed by atoms with Gasteiger partial charge in [0.25, 0.3) is 0 Å². The maximum atomic E-state index is 2.46. The zero-order chi connectivity index (χ0) is 9.26. The molecule has 4 unspecified atom stereocenters. The summed E-state index contributed by atoms with van der Waals surface area (Å²) in [6, 6.07) is 0. The Hall–Kier alpha value is 0. The van der Waals surface area contributed by atoms with Crippen molar-refractivity contribution >= 4 is 0 Å². The molecule has 2 fully saturated rings. The van der Waals surface area contributed by atoms with E-state index in [2.05, 4.69) is 13.8 Å². The average molecular weight is 180 g/mol. The van der Waals surface area contributed by atoms with E-state index in [9.17, 15) is 0 Å². The molecule has 0 bridgehead atoms. The van der Waals surface area contributed by atoms with Gasteiger partial charge in [-0.25, -0.2) is 0 Å². The molecule has 2 saturated carbocycles. The number of hydrogen-bond acceptors (Lipinski definition) is 0. The Morgan fingerprint density at radius 2 is 1.85 bits per heavy atom. The Morgan fingerprint density at radius 1 is 1.08 bits per heavy atom. The van der Waals surface area contributed by atoms with Gasteiger partial charge < -0.3 is 0 Å². The summed E-state index contributed by atoms with van der Waals surface area (Å²) in [4.78, 5) is 0. The fourth-order valence-corrected chi connectivity index (χ4v) is 3.59. The zero-order valence-corrected chi connectivity index (χ0v) is 9.26. The van der Waals surface area contributed by atoms with Crippen LogP contribution in [0.2, 0.25) is 0 Å². The summed E-state index contributed by atoms with van der Waals surface area (Å²) in [5.41, 5.74) is 0. The van der Waals surface area contributed by atoms with Crippen molar-refractivity contribution < 1.29 is 0 Å². The molecule has 2 rings (SSSR count). The van der Waals surface area contributed by atoms with Crippen molar-refractivity contribution in [2.45, 2.75) is 58.8 Å². The van der Waals surface area contributed by atoms with Crippen LogP contribution >= 0.6 is 0 Å². The molecule has 0 spiro atoms. The lowest BCUT2D eigenvalue weighted by atomic mass is 9.71. The van der Waals surface area contributed by atoms with Gasteiger partial charge in [0.1, 0.15) is 0 Å². The van der Waals surface area contributed by atoms with Crippen LogP contribution in [0.4, 0.5) is 0 Å². The average Bonchev–Trinajstić information content (AvgIpc) is 2.63. The molecule has 0 aromatic carbocycles. The normalized spacial score (nSPS) is 41.5. The molecular formula is C13H24. The van der Waals surface area contributed by atoms with E-state index in [1.165, 1.54) is 19.3 Å². The third-order valence-electron chi connectivity index (χ3n) is 4.78. The Labute approximate surface area is 83.1 Å². The molecule has 0 nitrogen and oxygen atoms in total. The van der Waals surface area contributed by atoms with E-state index in [4.69, 9.17) is 0 Å². The predicted molar refractivity (Wildman–Crippen MR) is 57.6 cm³/mol. The monoisotopic (exact) mass is 180 g/mol. The second kappa shape index (κ2) is 4.02. The smallest absolute Gasteiger partial charge is 0.0383 e. The standard InChI is InChI=1S/C13H24/c1-3-10(2)12-8-7-11-5-4-6-13(11)9-12/h10-13H,3-9H2,1-2H3. The third kappa shape index (κ3) is 1.92. The molecule has 2 aliphatic rings. The Balaban J connectivity index is 1.89. The molecule has 4 atom stereocenters. The van der Waals surface area contributed by atoms with E-state index < -0.39 is 0 Å². The molecule has 13 heavy (non-hydrogen) atoms. The third-order valence-corrected chi connectivity index (χ3v) is 4.78. The summed E-state index contributed by atoms with van der Waals surface area (Å²) in [6.07, 6.45) is 10.7. The first kappa shape index (κ1) is 9.55. The molecule has 0 aromatic heterocycles. The van der Waals surface area contributed by atoms with Crippen LogP contribution < -0.4 is 0 Å². The van der Waals surface area contributed by atoms with Gasteiger partial charge in [0.15, 0.2) is 0 Å². The highest BCUT2D eigenvalue weighted by atomic mass is 14.4. The molecule has 0 heteroatoms. The van der Waals surface area contributed by atoms with Crippen molar-refractivity contribution in [2.24, 2.45) is 23.7 Å². The summed E-state index contributed by atoms with van der Waals surface area (Å²) in [7, 11) is 0. The van der Waals surface area contributed by atoms with Crippen molar-refractivity contribution in [3.05, 3.63) is 0 Å². The lowest BCUT2D eigenvalue weighted by Crippen LogP contribution is -2.24. The van der Waals surface area contributed by atoms with Crippen molar-refractivity contribution in [1.29, 1.82) is 0 Å². The number of hydrogen-bond donors (Lipinski definition) is 0. The SMILES string of the molecule is CCC(C)C1CCC2CCCC2C1. The molecule has 2 aliphatic carbocycles. The number of fused-ring (bicyclic) bond motifs is 1. The topological polar surface area (TPSA) is 0 Å². The Morgan fingerprint density at radius 3 is 2.62 bits per heavy atom. The molecule has 0 aromatic rings. The van der Waals surface area contributed by atoms with Crippen LogP contribution in [0, 0.1) is 23.7 Å². The minimum absolute atomic E-state index is 0.988. The Bertz CT molecular complexity index is 161. The van der Waals surface area contributed by atoms with Gasteiger partial charge in [0.05, 0.1) is 0 Å². The molecule has 0 saturated heterocycles. The molecular weight excluding hydrogens is 156 g/mol. The van der Waals surface area contributed by atoms with E-state index in [1.807, 2.05) is 0 Å². The highest BCUT2D eigenvalue weighted by Gasteiger charge is 2.34. The number of rotatable bonds is 2. The highest BCUT2D eigenvalue weighted by Crippen LogP contribution is 2.46. The van der Waals surface area contributed by atoms with Gasteiger partial charge in [-0.3, -0.25) is 0 Å². The van der Waals surface area contributed by atoms with Crippen molar-refractivity contribution in [3.63, 3.8) is 0 Å². The van der Waals surface area contributed by atoms with Crippen LogP contribution in [0.25, 0.3) is 0 Å². The first-order valence-corrected chi connectivity index (χ1v) is 6.31. The predicted octanol–water partition coefficient (Wildman–Crippen LogP) is 4.25. The lowest BCUT2D eigenvalue weighted by Gasteiger charge is -2.35. The molecule has 0 amide bonds. The second-order valence-electron chi connectivity index (χ2n) is 5.41. The maximum Gasteiger partial charge on any atom is -0.0383 e.